The van der Waals surface area contributed by atoms with Crippen molar-refractivity contribution in [2.75, 3.05) is 0 Å². The van der Waals surface area contributed by atoms with Crippen LogP contribution in [0.25, 0.3) is 0 Å². The summed E-state index contributed by atoms with van der Waals surface area (Å²) in [4.78, 5) is 3.78. The van der Waals surface area contributed by atoms with E-state index in [9.17, 15) is 0 Å². The van der Waals surface area contributed by atoms with Crippen molar-refractivity contribution < 1.29 is 15.5 Å². The molecule has 0 saturated carbocycles. The molecule has 6 heteroatoms. The molecule has 55 valence electrons. The minimum Gasteiger partial charge on any atom is -0.900 e. The maximum Gasteiger partial charge on any atom is 2.00 e. The molecule has 0 fully saturated rings. The molecule has 0 aliphatic carbocycles. The van der Waals surface area contributed by atoms with Crippen LogP contribution in [0.2, 0.25) is 0 Å². The quantitative estimate of drug-likeness (QED) is 0.386. The van der Waals surface area contributed by atoms with Crippen molar-refractivity contribution in [3.8, 4) is 0 Å². The summed E-state index contributed by atoms with van der Waals surface area (Å²) in [6.07, 6.45) is 3.50. The maximum absolute atomic E-state index is 8.25. The van der Waals surface area contributed by atoms with Crippen molar-refractivity contribution in [3.05, 3.63) is 30.6 Å². The van der Waals surface area contributed by atoms with Crippen molar-refractivity contribution in [1.82, 2.24) is 4.98 Å². The summed E-state index contributed by atoms with van der Waals surface area (Å²) in [5, 5.41) is 16.5. The fourth-order valence-electron chi connectivity index (χ4n) is 0.313. The predicted octanol–water partition coefficient (Wildman–Crippen LogP) is -2.88. The van der Waals surface area contributed by atoms with Gasteiger partial charge in [0.2, 0.25) is 0 Å². The van der Waals surface area contributed by atoms with Crippen LogP contribution in [0.4, 0.5) is 0 Å². The summed E-state index contributed by atoms with van der Waals surface area (Å²) in [6.45, 7) is 0. The number of hydrogen-bond donors (Lipinski definition) is 0. The van der Waals surface area contributed by atoms with Gasteiger partial charge in [-0.25, -0.2) is 7.69 Å². The molecule has 1 aromatic rings. The molecule has 2 N–H and O–H groups in total. The Hall–Kier alpha value is -0.139. The van der Waals surface area contributed by atoms with Gasteiger partial charge in [-0.2, -0.15) is 0 Å². The molecule has 1 radical (unpaired) electrons. The van der Waals surface area contributed by atoms with E-state index < -0.39 is 7.69 Å². The SMILES string of the molecule is O.[Mg+2].[O-][B][O-].c1ccncc1. The molecule has 0 amide bonds. The fraction of sp³-hybridized carbons (Fsp3) is 0. The molecule has 1 rings (SSSR count). The van der Waals surface area contributed by atoms with Crippen LogP contribution in [0.3, 0.4) is 0 Å². The Morgan fingerprint density at radius 1 is 1.00 bits per heavy atom. The number of aromatic nitrogens is 1. The van der Waals surface area contributed by atoms with Crippen LogP contribution in [0, 0.1) is 0 Å². The van der Waals surface area contributed by atoms with Crippen molar-refractivity contribution in [1.29, 1.82) is 0 Å². The van der Waals surface area contributed by atoms with Crippen LogP contribution < -0.4 is 10.0 Å². The molecule has 4 nitrogen and oxygen atoms in total. The molecule has 0 spiro atoms. The van der Waals surface area contributed by atoms with Gasteiger partial charge in [-0.05, 0) is 12.1 Å². The van der Waals surface area contributed by atoms with Gasteiger partial charge in [-0.3, -0.25) is 4.98 Å². The summed E-state index contributed by atoms with van der Waals surface area (Å²) < 4.78 is 0. The fourth-order valence-corrected chi connectivity index (χ4v) is 0.313. The molecule has 0 saturated heterocycles. The van der Waals surface area contributed by atoms with E-state index in [1.165, 1.54) is 0 Å². The van der Waals surface area contributed by atoms with Crippen LogP contribution in [0.5, 0.6) is 0 Å². The van der Waals surface area contributed by atoms with Gasteiger partial charge >= 0.3 is 23.1 Å². The van der Waals surface area contributed by atoms with Crippen molar-refractivity contribution >= 4 is 30.7 Å². The first-order chi connectivity index (χ1) is 4.41. The standard InChI is InChI=1S/C5H5N.BO2.Mg.H2O/c1-2-4-6-5-3-1;2-1-3;;/h1-5H;;;1H2/q;-2;+2;. The van der Waals surface area contributed by atoms with Gasteiger partial charge in [0.25, 0.3) is 0 Å². The van der Waals surface area contributed by atoms with E-state index in [1.807, 2.05) is 18.2 Å². The summed E-state index contributed by atoms with van der Waals surface area (Å²) in [7, 11) is -0.500. The third-order valence-electron chi connectivity index (χ3n) is 0.566. The molecule has 11 heavy (non-hydrogen) atoms. The van der Waals surface area contributed by atoms with Crippen LogP contribution in [-0.2, 0) is 0 Å². The molecule has 1 aromatic heterocycles. The average Bonchev–Trinajstić information content (AvgIpc) is 1.93. The zero-order valence-electron chi connectivity index (χ0n) is 5.93. The summed E-state index contributed by atoms with van der Waals surface area (Å²) in [6, 6.07) is 5.72. The second-order valence-corrected chi connectivity index (χ2v) is 1.12. The van der Waals surface area contributed by atoms with E-state index in [-0.39, 0.29) is 28.5 Å². The monoisotopic (exact) mass is 164 g/mol. The Bertz CT molecular complexity index is 105. The Morgan fingerprint density at radius 3 is 1.45 bits per heavy atom. The van der Waals surface area contributed by atoms with Gasteiger partial charge < -0.3 is 15.5 Å². The van der Waals surface area contributed by atoms with Gasteiger partial charge in [0, 0.05) is 12.4 Å². The van der Waals surface area contributed by atoms with Crippen LogP contribution in [0.1, 0.15) is 0 Å². The Balaban J connectivity index is -0.000000116. The molecular formula is C5H7BMgNO3. The number of nitrogens with zero attached hydrogens (tertiary/aromatic N) is 1. The predicted molar refractivity (Wildman–Crippen MR) is 39.4 cm³/mol. The summed E-state index contributed by atoms with van der Waals surface area (Å²) >= 11 is 0. The van der Waals surface area contributed by atoms with E-state index in [0.717, 1.165) is 0 Å². The number of rotatable bonds is 0. The van der Waals surface area contributed by atoms with Crippen LogP contribution >= 0.6 is 0 Å². The van der Waals surface area contributed by atoms with Crippen molar-refractivity contribution in [2.45, 2.75) is 0 Å². The Kier molecular flexibility index (Phi) is 25.6. The van der Waals surface area contributed by atoms with Crippen LogP contribution in [-0.4, -0.2) is 41.2 Å². The molecule has 1 heterocycles. The van der Waals surface area contributed by atoms with Gasteiger partial charge in [-0.15, -0.1) is 0 Å². The first-order valence-corrected chi connectivity index (χ1v) is 2.32. The van der Waals surface area contributed by atoms with Gasteiger partial charge in [0.15, 0.2) is 0 Å². The van der Waals surface area contributed by atoms with Crippen LogP contribution in [0.15, 0.2) is 30.6 Å². The number of pyridine rings is 1. The van der Waals surface area contributed by atoms with Gasteiger partial charge in [0.05, 0.1) is 0 Å². The molecule has 0 aliphatic rings. The van der Waals surface area contributed by atoms with Crippen molar-refractivity contribution in [3.63, 3.8) is 0 Å². The number of hydrogen-bond acceptors (Lipinski definition) is 3. The Morgan fingerprint density at radius 2 is 1.36 bits per heavy atom. The molecular weight excluding hydrogens is 157 g/mol. The topological polar surface area (TPSA) is 90.5 Å². The minimum atomic E-state index is -0.500. The maximum atomic E-state index is 8.25. The van der Waals surface area contributed by atoms with E-state index >= 15 is 0 Å². The minimum absolute atomic E-state index is 0. The Labute approximate surface area is 82.1 Å². The van der Waals surface area contributed by atoms with Gasteiger partial charge in [0.1, 0.15) is 0 Å². The average molecular weight is 164 g/mol. The second kappa shape index (κ2) is 16.4. The first kappa shape index (κ1) is 17.1. The van der Waals surface area contributed by atoms with E-state index in [1.54, 1.807) is 12.4 Å². The van der Waals surface area contributed by atoms with Crippen molar-refractivity contribution in [2.24, 2.45) is 0 Å². The first-order valence-electron chi connectivity index (χ1n) is 2.32. The normalized spacial score (nSPS) is 5.64. The zero-order chi connectivity index (χ0) is 6.95. The molecule has 0 atom stereocenters. The molecule has 0 bridgehead atoms. The van der Waals surface area contributed by atoms with E-state index in [0.29, 0.717) is 0 Å². The third-order valence-corrected chi connectivity index (χ3v) is 0.566. The molecule has 0 unspecified atom stereocenters. The largest absolute Gasteiger partial charge is 2.00 e. The van der Waals surface area contributed by atoms with E-state index in [2.05, 4.69) is 4.98 Å². The van der Waals surface area contributed by atoms with Gasteiger partial charge in [-0.1, -0.05) is 6.07 Å². The third kappa shape index (κ3) is 17.7. The zero-order valence-corrected chi connectivity index (χ0v) is 7.35. The smallest absolute Gasteiger partial charge is 0.900 e. The summed E-state index contributed by atoms with van der Waals surface area (Å²) in [5.41, 5.74) is 0. The second-order valence-electron chi connectivity index (χ2n) is 1.12. The molecule has 0 aliphatic heterocycles. The summed E-state index contributed by atoms with van der Waals surface area (Å²) in [5.74, 6) is 0. The molecule has 0 aromatic carbocycles. The van der Waals surface area contributed by atoms with E-state index in [4.69, 9.17) is 10.0 Å².